The molecule has 0 aliphatic rings. The molecule has 0 amide bonds. The summed E-state index contributed by atoms with van der Waals surface area (Å²) in [5, 5.41) is 11.6. The summed E-state index contributed by atoms with van der Waals surface area (Å²) in [6.45, 7) is 2.64. The zero-order valence-corrected chi connectivity index (χ0v) is 8.72. The maximum atomic E-state index is 10.2. The predicted octanol–water partition coefficient (Wildman–Crippen LogP) is 0.728. The molecule has 0 saturated heterocycles. The first-order chi connectivity index (χ1) is 7.29. The topological polar surface area (TPSA) is 67.2 Å². The van der Waals surface area contributed by atoms with Gasteiger partial charge >= 0.3 is 5.97 Å². The van der Waals surface area contributed by atoms with Crippen molar-refractivity contribution in [2.24, 2.45) is 0 Å². The van der Waals surface area contributed by atoms with E-state index < -0.39 is 5.97 Å². The van der Waals surface area contributed by atoms with Gasteiger partial charge in [0.2, 0.25) is 0 Å². The molecule has 0 spiro atoms. The van der Waals surface area contributed by atoms with Crippen molar-refractivity contribution in [1.82, 2.24) is 14.9 Å². The van der Waals surface area contributed by atoms with Crippen LogP contribution in [0.3, 0.4) is 0 Å². The van der Waals surface area contributed by atoms with Gasteiger partial charge in [-0.1, -0.05) is 0 Å². The number of rotatable bonds is 8. The summed E-state index contributed by atoms with van der Waals surface area (Å²) < 4.78 is 2.03. The average molecular weight is 211 g/mol. The SMILES string of the molecule is O=C(O)CCCNCCCn1ccnc1. The van der Waals surface area contributed by atoms with Gasteiger partial charge in [-0.3, -0.25) is 4.79 Å². The van der Waals surface area contributed by atoms with Gasteiger partial charge < -0.3 is 15.0 Å². The summed E-state index contributed by atoms with van der Waals surface area (Å²) in [6.07, 6.45) is 7.47. The Labute approximate surface area is 89.1 Å². The minimum Gasteiger partial charge on any atom is -0.481 e. The van der Waals surface area contributed by atoms with Gasteiger partial charge in [-0.15, -0.1) is 0 Å². The smallest absolute Gasteiger partial charge is 0.303 e. The van der Waals surface area contributed by atoms with Crippen molar-refractivity contribution >= 4 is 5.97 Å². The highest BCUT2D eigenvalue weighted by Crippen LogP contribution is 1.90. The normalized spacial score (nSPS) is 10.4. The lowest BCUT2D eigenvalue weighted by Crippen LogP contribution is -2.18. The van der Waals surface area contributed by atoms with Crippen LogP contribution in [0.25, 0.3) is 0 Å². The molecule has 2 N–H and O–H groups in total. The third-order valence-corrected chi connectivity index (χ3v) is 2.07. The summed E-state index contributed by atoms with van der Waals surface area (Å²) in [6, 6.07) is 0. The molecule has 15 heavy (non-hydrogen) atoms. The molecule has 0 fully saturated rings. The van der Waals surface area contributed by atoms with Gasteiger partial charge in [0.1, 0.15) is 0 Å². The van der Waals surface area contributed by atoms with E-state index in [0.717, 1.165) is 26.1 Å². The number of hydrogen-bond donors (Lipinski definition) is 2. The number of nitrogens with zero attached hydrogens (tertiary/aromatic N) is 2. The molecule has 0 aliphatic carbocycles. The van der Waals surface area contributed by atoms with Crippen molar-refractivity contribution in [3.63, 3.8) is 0 Å². The van der Waals surface area contributed by atoms with E-state index in [1.807, 2.05) is 10.8 Å². The molecule has 0 aliphatic heterocycles. The minimum absolute atomic E-state index is 0.245. The second-order valence-corrected chi connectivity index (χ2v) is 3.40. The van der Waals surface area contributed by atoms with Gasteiger partial charge in [0.05, 0.1) is 6.33 Å². The first-order valence-electron chi connectivity index (χ1n) is 5.17. The van der Waals surface area contributed by atoms with Crippen LogP contribution in [0, 0.1) is 0 Å². The van der Waals surface area contributed by atoms with Gasteiger partial charge in [-0.25, -0.2) is 4.98 Å². The van der Waals surface area contributed by atoms with E-state index in [4.69, 9.17) is 5.11 Å². The molecule has 1 aromatic heterocycles. The lowest BCUT2D eigenvalue weighted by atomic mass is 10.3. The summed E-state index contributed by atoms with van der Waals surface area (Å²) in [5.74, 6) is -0.727. The molecule has 0 atom stereocenters. The van der Waals surface area contributed by atoms with Gasteiger partial charge in [-0.05, 0) is 25.9 Å². The van der Waals surface area contributed by atoms with Crippen molar-refractivity contribution in [2.45, 2.75) is 25.8 Å². The lowest BCUT2D eigenvalue weighted by molar-refractivity contribution is -0.137. The van der Waals surface area contributed by atoms with Crippen LogP contribution in [0.2, 0.25) is 0 Å². The van der Waals surface area contributed by atoms with Crippen molar-refractivity contribution in [1.29, 1.82) is 0 Å². The summed E-state index contributed by atoms with van der Waals surface area (Å²) in [7, 11) is 0. The molecule has 0 bridgehead atoms. The predicted molar refractivity (Wildman–Crippen MR) is 56.6 cm³/mol. The van der Waals surface area contributed by atoms with Crippen LogP contribution in [0.1, 0.15) is 19.3 Å². The van der Waals surface area contributed by atoms with E-state index in [-0.39, 0.29) is 6.42 Å². The number of nitrogens with one attached hydrogen (secondary N) is 1. The highest BCUT2D eigenvalue weighted by molar-refractivity contribution is 5.66. The Hall–Kier alpha value is -1.36. The fourth-order valence-electron chi connectivity index (χ4n) is 1.30. The van der Waals surface area contributed by atoms with Crippen LogP contribution in [0.4, 0.5) is 0 Å². The second-order valence-electron chi connectivity index (χ2n) is 3.40. The van der Waals surface area contributed by atoms with Crippen molar-refractivity contribution in [2.75, 3.05) is 13.1 Å². The zero-order chi connectivity index (χ0) is 10.9. The summed E-state index contributed by atoms with van der Waals surface area (Å²) in [4.78, 5) is 14.2. The monoisotopic (exact) mass is 211 g/mol. The number of hydrogen-bond acceptors (Lipinski definition) is 3. The molecule has 1 aromatic rings. The Balaban J connectivity index is 1.87. The first kappa shape index (κ1) is 11.7. The number of carbonyl (C=O) groups is 1. The third kappa shape index (κ3) is 5.85. The lowest BCUT2D eigenvalue weighted by Gasteiger charge is -2.04. The molecule has 0 saturated carbocycles. The number of carboxylic acid groups (broad SMARTS) is 1. The van der Waals surface area contributed by atoms with Crippen molar-refractivity contribution in [3.05, 3.63) is 18.7 Å². The molecule has 0 radical (unpaired) electrons. The number of aryl methyl sites for hydroxylation is 1. The molecular weight excluding hydrogens is 194 g/mol. The third-order valence-electron chi connectivity index (χ3n) is 2.07. The molecule has 1 rings (SSSR count). The van der Waals surface area contributed by atoms with E-state index in [1.165, 1.54) is 0 Å². The van der Waals surface area contributed by atoms with E-state index in [0.29, 0.717) is 6.42 Å². The number of imidazole rings is 1. The number of carboxylic acids is 1. The van der Waals surface area contributed by atoms with Crippen molar-refractivity contribution in [3.8, 4) is 0 Å². The van der Waals surface area contributed by atoms with Crippen LogP contribution < -0.4 is 5.32 Å². The van der Waals surface area contributed by atoms with Crippen molar-refractivity contribution < 1.29 is 9.90 Å². The highest BCUT2D eigenvalue weighted by Gasteiger charge is 1.95. The molecule has 1 heterocycles. The minimum atomic E-state index is -0.727. The van der Waals surface area contributed by atoms with Gasteiger partial charge in [0, 0.05) is 25.4 Å². The van der Waals surface area contributed by atoms with Gasteiger partial charge in [-0.2, -0.15) is 0 Å². The fraction of sp³-hybridized carbons (Fsp3) is 0.600. The average Bonchev–Trinajstić information content (AvgIpc) is 2.68. The molecule has 0 unspecified atom stereocenters. The van der Waals surface area contributed by atoms with Crippen LogP contribution in [-0.4, -0.2) is 33.7 Å². The zero-order valence-electron chi connectivity index (χ0n) is 8.72. The number of aliphatic carboxylic acids is 1. The summed E-state index contributed by atoms with van der Waals surface area (Å²) >= 11 is 0. The van der Waals surface area contributed by atoms with E-state index >= 15 is 0 Å². The fourth-order valence-corrected chi connectivity index (χ4v) is 1.30. The quantitative estimate of drug-likeness (QED) is 0.622. The van der Waals surface area contributed by atoms with E-state index in [2.05, 4.69) is 10.3 Å². The Bertz CT molecular complexity index is 272. The maximum absolute atomic E-state index is 10.2. The standard InChI is InChI=1S/C10H17N3O2/c14-10(15)3-1-4-11-5-2-7-13-8-6-12-9-13/h6,8-9,11H,1-5,7H2,(H,14,15). The molecule has 0 aromatic carbocycles. The maximum Gasteiger partial charge on any atom is 0.303 e. The van der Waals surface area contributed by atoms with Crippen LogP contribution in [0.15, 0.2) is 18.7 Å². The second kappa shape index (κ2) is 7.00. The largest absolute Gasteiger partial charge is 0.481 e. The van der Waals surface area contributed by atoms with Gasteiger partial charge in [0.25, 0.3) is 0 Å². The van der Waals surface area contributed by atoms with Gasteiger partial charge in [0.15, 0.2) is 0 Å². The molecular formula is C10H17N3O2. The van der Waals surface area contributed by atoms with Crippen LogP contribution in [-0.2, 0) is 11.3 Å². The Kier molecular flexibility index (Phi) is 5.47. The Morgan fingerprint density at radius 1 is 1.40 bits per heavy atom. The number of aromatic nitrogens is 2. The van der Waals surface area contributed by atoms with E-state index in [1.54, 1.807) is 12.5 Å². The Morgan fingerprint density at radius 2 is 2.20 bits per heavy atom. The molecule has 5 nitrogen and oxygen atoms in total. The Morgan fingerprint density at radius 3 is 2.87 bits per heavy atom. The first-order valence-corrected chi connectivity index (χ1v) is 5.17. The molecule has 5 heteroatoms. The van der Waals surface area contributed by atoms with Crippen LogP contribution in [0.5, 0.6) is 0 Å². The van der Waals surface area contributed by atoms with Crippen LogP contribution >= 0.6 is 0 Å². The molecule has 84 valence electrons. The van der Waals surface area contributed by atoms with E-state index in [9.17, 15) is 4.79 Å². The summed E-state index contributed by atoms with van der Waals surface area (Å²) in [5.41, 5.74) is 0. The highest BCUT2D eigenvalue weighted by atomic mass is 16.4.